The predicted octanol–water partition coefficient (Wildman–Crippen LogP) is 4.37. The van der Waals surface area contributed by atoms with Gasteiger partial charge in [0.15, 0.2) is 0 Å². The van der Waals surface area contributed by atoms with E-state index in [1.54, 1.807) is 18.2 Å². The molecule has 5 nitrogen and oxygen atoms in total. The second-order valence-corrected chi connectivity index (χ2v) is 7.98. The molecule has 1 fully saturated rings. The Morgan fingerprint density at radius 2 is 1.83 bits per heavy atom. The number of piperidine rings is 1. The summed E-state index contributed by atoms with van der Waals surface area (Å²) < 4.78 is 5.41. The fraction of sp³-hybridized carbons (Fsp3) is 0.304. The van der Waals surface area contributed by atoms with Crippen molar-refractivity contribution in [1.29, 1.82) is 0 Å². The van der Waals surface area contributed by atoms with Crippen LogP contribution in [0.25, 0.3) is 5.57 Å². The van der Waals surface area contributed by atoms with Crippen LogP contribution in [-0.2, 0) is 9.59 Å². The molecule has 2 aliphatic heterocycles. The average Bonchev–Trinajstić information content (AvgIpc) is 2.98. The molecule has 4 rings (SSSR count). The Morgan fingerprint density at radius 3 is 2.52 bits per heavy atom. The molecule has 1 unspecified atom stereocenters. The van der Waals surface area contributed by atoms with Gasteiger partial charge in [-0.1, -0.05) is 48.9 Å². The zero-order valence-electron chi connectivity index (χ0n) is 16.5. The van der Waals surface area contributed by atoms with Gasteiger partial charge in [0.05, 0.1) is 18.4 Å². The molecule has 0 bridgehead atoms. The quantitative estimate of drug-likeness (QED) is 0.702. The van der Waals surface area contributed by atoms with E-state index < -0.39 is 0 Å². The van der Waals surface area contributed by atoms with Gasteiger partial charge in [-0.05, 0) is 42.5 Å². The van der Waals surface area contributed by atoms with Crippen molar-refractivity contribution in [2.45, 2.75) is 19.8 Å². The highest BCUT2D eigenvalue weighted by atomic mass is 35.5. The first-order chi connectivity index (χ1) is 14.0. The number of halogens is 1. The van der Waals surface area contributed by atoms with E-state index >= 15 is 0 Å². The van der Waals surface area contributed by atoms with Gasteiger partial charge in [0, 0.05) is 18.1 Å². The third kappa shape index (κ3) is 3.51. The third-order valence-corrected chi connectivity index (χ3v) is 5.71. The van der Waals surface area contributed by atoms with Crippen LogP contribution in [0, 0.1) is 5.92 Å². The predicted molar refractivity (Wildman–Crippen MR) is 114 cm³/mol. The molecule has 2 amide bonds. The van der Waals surface area contributed by atoms with E-state index in [4.69, 9.17) is 16.3 Å². The SMILES string of the molecule is COc1ccc(Cl)cc1N1C(=O)C(c2ccccc2)=C(N2CCCC(C)C2)C1=O. The van der Waals surface area contributed by atoms with Crippen molar-refractivity contribution in [3.8, 4) is 5.75 Å². The zero-order valence-corrected chi connectivity index (χ0v) is 17.3. The number of carbonyl (C=O) groups is 2. The first kappa shape index (κ1) is 19.5. The summed E-state index contributed by atoms with van der Waals surface area (Å²) in [5.41, 5.74) is 2.01. The molecule has 0 saturated carbocycles. The molecule has 0 N–H and O–H groups in total. The number of rotatable bonds is 4. The van der Waals surface area contributed by atoms with E-state index in [2.05, 4.69) is 11.8 Å². The molecule has 29 heavy (non-hydrogen) atoms. The van der Waals surface area contributed by atoms with Gasteiger partial charge in [-0.2, -0.15) is 0 Å². The van der Waals surface area contributed by atoms with E-state index in [1.807, 2.05) is 30.3 Å². The molecule has 0 spiro atoms. The van der Waals surface area contributed by atoms with E-state index in [0.29, 0.717) is 33.6 Å². The van der Waals surface area contributed by atoms with Crippen LogP contribution in [0.4, 0.5) is 5.69 Å². The highest BCUT2D eigenvalue weighted by Gasteiger charge is 2.44. The standard InChI is InChI=1S/C23H23ClN2O3/c1-15-7-6-12-25(14-15)21-20(16-8-4-3-5-9-16)22(27)26(23(21)28)18-13-17(24)10-11-19(18)29-2/h3-5,8-11,13,15H,6-7,12,14H2,1-2H3. The van der Waals surface area contributed by atoms with Crippen LogP contribution in [-0.4, -0.2) is 36.9 Å². The number of hydrogen-bond acceptors (Lipinski definition) is 4. The monoisotopic (exact) mass is 410 g/mol. The van der Waals surface area contributed by atoms with Crippen LogP contribution in [0.3, 0.4) is 0 Å². The lowest BCUT2D eigenvalue weighted by molar-refractivity contribution is -0.120. The lowest BCUT2D eigenvalue weighted by Crippen LogP contribution is -2.39. The lowest BCUT2D eigenvalue weighted by atomic mass is 9.98. The van der Waals surface area contributed by atoms with Gasteiger partial charge in [-0.15, -0.1) is 0 Å². The van der Waals surface area contributed by atoms with Crippen molar-refractivity contribution in [1.82, 2.24) is 4.90 Å². The van der Waals surface area contributed by atoms with Crippen LogP contribution in [0.15, 0.2) is 54.2 Å². The number of methoxy groups -OCH3 is 1. The van der Waals surface area contributed by atoms with Crippen LogP contribution in [0.1, 0.15) is 25.3 Å². The Hall–Kier alpha value is -2.79. The summed E-state index contributed by atoms with van der Waals surface area (Å²) in [4.78, 5) is 30.4. The van der Waals surface area contributed by atoms with Crippen molar-refractivity contribution >= 4 is 34.7 Å². The number of hydrogen-bond donors (Lipinski definition) is 0. The summed E-state index contributed by atoms with van der Waals surface area (Å²) in [5, 5.41) is 0.433. The van der Waals surface area contributed by atoms with Crippen LogP contribution in [0.5, 0.6) is 5.75 Å². The van der Waals surface area contributed by atoms with Crippen molar-refractivity contribution in [2.24, 2.45) is 5.92 Å². The van der Waals surface area contributed by atoms with Crippen LogP contribution >= 0.6 is 11.6 Å². The van der Waals surface area contributed by atoms with Gasteiger partial charge in [0.25, 0.3) is 11.8 Å². The normalized spacial score (nSPS) is 19.9. The molecule has 0 aromatic heterocycles. The summed E-state index contributed by atoms with van der Waals surface area (Å²) in [6, 6.07) is 14.3. The van der Waals surface area contributed by atoms with Crippen molar-refractivity contribution < 1.29 is 14.3 Å². The first-order valence-corrected chi connectivity index (χ1v) is 10.2. The van der Waals surface area contributed by atoms with Crippen molar-refractivity contribution in [3.05, 3.63) is 64.8 Å². The lowest BCUT2D eigenvalue weighted by Gasteiger charge is -2.33. The van der Waals surface area contributed by atoms with Gasteiger partial charge in [-0.25, -0.2) is 4.90 Å². The van der Waals surface area contributed by atoms with Gasteiger partial charge in [0.2, 0.25) is 0 Å². The number of imide groups is 1. The molecule has 2 aromatic rings. The van der Waals surface area contributed by atoms with E-state index in [1.165, 1.54) is 12.0 Å². The third-order valence-electron chi connectivity index (χ3n) is 5.48. The molecule has 0 radical (unpaired) electrons. The van der Waals surface area contributed by atoms with Gasteiger partial charge >= 0.3 is 0 Å². The number of amides is 2. The molecule has 2 aromatic carbocycles. The highest BCUT2D eigenvalue weighted by Crippen LogP contribution is 2.40. The molecule has 0 aliphatic carbocycles. The van der Waals surface area contributed by atoms with Gasteiger partial charge in [-0.3, -0.25) is 9.59 Å². The fourth-order valence-electron chi connectivity index (χ4n) is 4.13. The van der Waals surface area contributed by atoms with Gasteiger partial charge in [0.1, 0.15) is 11.4 Å². The Kier molecular flexibility index (Phi) is 5.33. The summed E-state index contributed by atoms with van der Waals surface area (Å²) in [5.74, 6) is 0.209. The Morgan fingerprint density at radius 1 is 1.07 bits per heavy atom. The number of ether oxygens (including phenoxy) is 1. The second-order valence-electron chi connectivity index (χ2n) is 7.54. The number of benzene rings is 2. The molecular weight excluding hydrogens is 388 g/mol. The minimum Gasteiger partial charge on any atom is -0.495 e. The Bertz CT molecular complexity index is 987. The topological polar surface area (TPSA) is 49.9 Å². The van der Waals surface area contributed by atoms with Crippen molar-refractivity contribution in [3.63, 3.8) is 0 Å². The average molecular weight is 411 g/mol. The largest absolute Gasteiger partial charge is 0.495 e. The number of likely N-dealkylation sites (tertiary alicyclic amines) is 1. The summed E-state index contributed by atoms with van der Waals surface area (Å²) in [7, 11) is 1.51. The minimum absolute atomic E-state index is 0.330. The van der Waals surface area contributed by atoms with Crippen LogP contribution < -0.4 is 9.64 Å². The van der Waals surface area contributed by atoms with Gasteiger partial charge < -0.3 is 9.64 Å². The summed E-state index contributed by atoms with van der Waals surface area (Å²) in [6.45, 7) is 3.69. The maximum Gasteiger partial charge on any atom is 0.282 e. The number of nitrogens with zero attached hydrogens (tertiary/aromatic N) is 2. The van der Waals surface area contributed by atoms with E-state index in [0.717, 1.165) is 31.5 Å². The fourth-order valence-corrected chi connectivity index (χ4v) is 4.29. The minimum atomic E-state index is -0.352. The Balaban J connectivity index is 1.85. The number of anilines is 1. The molecule has 150 valence electrons. The second kappa shape index (κ2) is 7.91. The van der Waals surface area contributed by atoms with Crippen LogP contribution in [0.2, 0.25) is 5.02 Å². The molecular formula is C23H23ClN2O3. The number of carbonyl (C=O) groups excluding carboxylic acids is 2. The van der Waals surface area contributed by atoms with Crippen molar-refractivity contribution in [2.75, 3.05) is 25.1 Å². The molecule has 6 heteroatoms. The maximum absolute atomic E-state index is 13.6. The van der Waals surface area contributed by atoms with E-state index in [9.17, 15) is 9.59 Å². The molecule has 1 atom stereocenters. The molecule has 2 aliphatic rings. The zero-order chi connectivity index (χ0) is 20.5. The van der Waals surface area contributed by atoms with E-state index in [-0.39, 0.29) is 11.8 Å². The molecule has 1 saturated heterocycles. The highest BCUT2D eigenvalue weighted by molar-refractivity contribution is 6.46. The summed E-state index contributed by atoms with van der Waals surface area (Å²) >= 11 is 6.18. The molecule has 2 heterocycles. The summed E-state index contributed by atoms with van der Waals surface area (Å²) in [6.07, 6.45) is 2.12. The Labute approximate surface area is 175 Å². The maximum atomic E-state index is 13.6. The first-order valence-electron chi connectivity index (χ1n) is 9.78. The smallest absolute Gasteiger partial charge is 0.282 e.